The Balaban J connectivity index is 1.78. The van der Waals surface area contributed by atoms with Crippen molar-refractivity contribution in [3.8, 4) is 0 Å². The number of hydrogen-bond acceptors (Lipinski definition) is 3. The maximum atomic E-state index is 12.2. The minimum absolute atomic E-state index is 0.120. The number of thioether (sulfide) groups is 1. The number of ether oxygens (including phenoxy) is 1. The van der Waals surface area contributed by atoms with E-state index in [1.165, 1.54) is 0 Å². The zero-order valence-electron chi connectivity index (χ0n) is 12.3. The standard InChI is InChI=1S/C17H18ClNO2S/c1-21-16(13-5-3-2-4-6-13)17(20)19-11-12-22-15-9-7-14(18)8-10-15/h2-10,16H,11-12H2,1H3,(H,19,20). The summed E-state index contributed by atoms with van der Waals surface area (Å²) < 4.78 is 5.29. The Bertz CT molecular complexity index is 589. The summed E-state index contributed by atoms with van der Waals surface area (Å²) in [5.74, 6) is 0.670. The van der Waals surface area contributed by atoms with Gasteiger partial charge in [-0.15, -0.1) is 11.8 Å². The van der Waals surface area contributed by atoms with E-state index < -0.39 is 6.10 Å². The van der Waals surface area contributed by atoms with Crippen LogP contribution in [-0.4, -0.2) is 25.3 Å². The van der Waals surface area contributed by atoms with Gasteiger partial charge in [0, 0.05) is 29.3 Å². The summed E-state index contributed by atoms with van der Waals surface area (Å²) in [6, 6.07) is 17.1. The lowest BCUT2D eigenvalue weighted by atomic mass is 10.1. The van der Waals surface area contributed by atoms with Gasteiger partial charge in [-0.3, -0.25) is 4.79 Å². The second-order valence-corrected chi connectivity index (χ2v) is 6.22. The van der Waals surface area contributed by atoms with Gasteiger partial charge in [-0.25, -0.2) is 0 Å². The molecular formula is C17H18ClNO2S. The van der Waals surface area contributed by atoms with Crippen LogP contribution in [-0.2, 0) is 9.53 Å². The van der Waals surface area contributed by atoms with E-state index in [1.807, 2.05) is 54.6 Å². The fourth-order valence-electron chi connectivity index (χ4n) is 1.99. The molecule has 1 unspecified atom stereocenters. The summed E-state index contributed by atoms with van der Waals surface area (Å²) in [7, 11) is 1.54. The van der Waals surface area contributed by atoms with E-state index in [9.17, 15) is 4.79 Å². The maximum absolute atomic E-state index is 12.2. The SMILES string of the molecule is COC(C(=O)NCCSc1ccc(Cl)cc1)c1ccccc1. The third-order valence-electron chi connectivity index (χ3n) is 3.06. The third kappa shape index (κ3) is 5.05. The molecule has 5 heteroatoms. The van der Waals surface area contributed by atoms with E-state index in [0.29, 0.717) is 6.54 Å². The molecule has 116 valence electrons. The van der Waals surface area contributed by atoms with Crippen molar-refractivity contribution in [3.63, 3.8) is 0 Å². The first-order valence-corrected chi connectivity index (χ1v) is 8.31. The number of carbonyl (C=O) groups is 1. The topological polar surface area (TPSA) is 38.3 Å². The van der Waals surface area contributed by atoms with Crippen molar-refractivity contribution in [2.24, 2.45) is 0 Å². The highest BCUT2D eigenvalue weighted by molar-refractivity contribution is 7.99. The van der Waals surface area contributed by atoms with Crippen LogP contribution in [0.5, 0.6) is 0 Å². The molecular weight excluding hydrogens is 318 g/mol. The molecule has 0 radical (unpaired) electrons. The van der Waals surface area contributed by atoms with Crippen LogP contribution in [0.4, 0.5) is 0 Å². The van der Waals surface area contributed by atoms with E-state index in [1.54, 1.807) is 18.9 Å². The number of hydrogen-bond donors (Lipinski definition) is 1. The molecule has 0 fully saturated rings. The van der Waals surface area contributed by atoms with E-state index in [0.717, 1.165) is 21.2 Å². The molecule has 0 aliphatic heterocycles. The molecule has 1 N–H and O–H groups in total. The van der Waals surface area contributed by atoms with Crippen LogP contribution >= 0.6 is 23.4 Å². The van der Waals surface area contributed by atoms with Gasteiger partial charge in [0.1, 0.15) is 0 Å². The Hall–Kier alpha value is -1.49. The summed E-state index contributed by atoms with van der Waals surface area (Å²) in [5.41, 5.74) is 0.854. The molecule has 0 aromatic heterocycles. The second-order valence-electron chi connectivity index (χ2n) is 4.62. The first-order valence-electron chi connectivity index (χ1n) is 6.94. The first-order chi connectivity index (χ1) is 10.7. The van der Waals surface area contributed by atoms with Gasteiger partial charge in [0.2, 0.25) is 0 Å². The molecule has 0 aliphatic carbocycles. The van der Waals surface area contributed by atoms with E-state index in [4.69, 9.17) is 16.3 Å². The summed E-state index contributed by atoms with van der Waals surface area (Å²) in [5, 5.41) is 3.63. The van der Waals surface area contributed by atoms with Gasteiger partial charge >= 0.3 is 0 Å². The fraction of sp³-hybridized carbons (Fsp3) is 0.235. The predicted molar refractivity (Wildman–Crippen MR) is 91.4 cm³/mol. The fourth-order valence-corrected chi connectivity index (χ4v) is 2.88. The molecule has 0 aliphatic rings. The van der Waals surface area contributed by atoms with Gasteiger partial charge in [0.15, 0.2) is 6.10 Å². The average Bonchev–Trinajstić information content (AvgIpc) is 2.55. The lowest BCUT2D eigenvalue weighted by Gasteiger charge is -2.15. The molecule has 2 aromatic rings. The minimum Gasteiger partial charge on any atom is -0.367 e. The van der Waals surface area contributed by atoms with Crippen LogP contribution in [0.25, 0.3) is 0 Å². The molecule has 1 atom stereocenters. The van der Waals surface area contributed by atoms with E-state index in [-0.39, 0.29) is 5.91 Å². The lowest BCUT2D eigenvalue weighted by Crippen LogP contribution is -2.32. The van der Waals surface area contributed by atoms with Crippen molar-refractivity contribution >= 4 is 29.3 Å². The van der Waals surface area contributed by atoms with Crippen LogP contribution < -0.4 is 5.32 Å². The maximum Gasteiger partial charge on any atom is 0.253 e. The predicted octanol–water partition coefficient (Wildman–Crippen LogP) is 3.94. The van der Waals surface area contributed by atoms with Gasteiger partial charge in [-0.1, -0.05) is 41.9 Å². The monoisotopic (exact) mass is 335 g/mol. The quantitative estimate of drug-likeness (QED) is 0.615. The molecule has 22 heavy (non-hydrogen) atoms. The normalized spacial score (nSPS) is 11.9. The molecule has 0 bridgehead atoms. The van der Waals surface area contributed by atoms with Gasteiger partial charge in [0.05, 0.1) is 0 Å². The summed E-state index contributed by atoms with van der Waals surface area (Å²) in [4.78, 5) is 13.3. The van der Waals surface area contributed by atoms with Gasteiger partial charge in [-0.05, 0) is 29.8 Å². The molecule has 0 spiro atoms. The lowest BCUT2D eigenvalue weighted by molar-refractivity contribution is -0.131. The summed E-state index contributed by atoms with van der Waals surface area (Å²) in [6.45, 7) is 0.582. The zero-order valence-corrected chi connectivity index (χ0v) is 13.9. The van der Waals surface area contributed by atoms with E-state index >= 15 is 0 Å². The molecule has 1 amide bonds. The van der Waals surface area contributed by atoms with Crippen molar-refractivity contribution in [2.45, 2.75) is 11.0 Å². The Morgan fingerprint density at radius 2 is 1.86 bits per heavy atom. The molecule has 0 saturated carbocycles. The second kappa shape index (κ2) is 8.83. The highest BCUT2D eigenvalue weighted by Crippen LogP contribution is 2.20. The number of halogens is 1. The number of methoxy groups -OCH3 is 1. The third-order valence-corrected chi connectivity index (χ3v) is 4.33. The first kappa shape index (κ1) is 16.9. The van der Waals surface area contributed by atoms with Gasteiger partial charge < -0.3 is 10.1 Å². The average molecular weight is 336 g/mol. The highest BCUT2D eigenvalue weighted by Gasteiger charge is 2.18. The Morgan fingerprint density at radius 3 is 2.50 bits per heavy atom. The van der Waals surface area contributed by atoms with Crippen molar-refractivity contribution in [2.75, 3.05) is 19.4 Å². The Labute approximate surface area is 140 Å². The van der Waals surface area contributed by atoms with Crippen LogP contribution in [0.1, 0.15) is 11.7 Å². The highest BCUT2D eigenvalue weighted by atomic mass is 35.5. The molecule has 2 rings (SSSR count). The molecule has 3 nitrogen and oxygen atoms in total. The molecule has 0 saturated heterocycles. The summed E-state index contributed by atoms with van der Waals surface area (Å²) in [6.07, 6.45) is -0.568. The van der Waals surface area contributed by atoms with Crippen LogP contribution in [0.15, 0.2) is 59.5 Å². The Morgan fingerprint density at radius 1 is 1.18 bits per heavy atom. The van der Waals surface area contributed by atoms with Crippen LogP contribution in [0, 0.1) is 0 Å². The number of amides is 1. The zero-order chi connectivity index (χ0) is 15.8. The van der Waals surface area contributed by atoms with Crippen LogP contribution in [0.2, 0.25) is 5.02 Å². The minimum atomic E-state index is -0.568. The Kier molecular flexibility index (Phi) is 6.77. The smallest absolute Gasteiger partial charge is 0.253 e. The van der Waals surface area contributed by atoms with Crippen LogP contribution in [0.3, 0.4) is 0 Å². The van der Waals surface area contributed by atoms with Gasteiger partial charge in [0.25, 0.3) is 5.91 Å². The number of benzene rings is 2. The van der Waals surface area contributed by atoms with E-state index in [2.05, 4.69) is 5.32 Å². The van der Waals surface area contributed by atoms with Crippen molar-refractivity contribution < 1.29 is 9.53 Å². The summed E-state index contributed by atoms with van der Waals surface area (Å²) >= 11 is 7.52. The number of rotatable bonds is 7. The van der Waals surface area contributed by atoms with Crippen molar-refractivity contribution in [1.29, 1.82) is 0 Å². The van der Waals surface area contributed by atoms with Gasteiger partial charge in [-0.2, -0.15) is 0 Å². The van der Waals surface area contributed by atoms with Crippen molar-refractivity contribution in [3.05, 3.63) is 65.2 Å². The molecule has 0 heterocycles. The van der Waals surface area contributed by atoms with Crippen molar-refractivity contribution in [1.82, 2.24) is 5.32 Å². The molecule has 2 aromatic carbocycles. The number of nitrogens with one attached hydrogen (secondary N) is 1. The largest absolute Gasteiger partial charge is 0.367 e. The number of carbonyl (C=O) groups excluding carboxylic acids is 1.